The minimum Gasteiger partial charge on any atom is -0.379 e. The molecule has 0 bridgehead atoms. The first-order chi connectivity index (χ1) is 8.54. The van der Waals surface area contributed by atoms with Gasteiger partial charge in [-0.15, -0.1) is 0 Å². The minimum absolute atomic E-state index is 0.330. The van der Waals surface area contributed by atoms with Crippen molar-refractivity contribution in [3.05, 3.63) is 0 Å². The summed E-state index contributed by atoms with van der Waals surface area (Å²) >= 11 is 0. The molecule has 1 rings (SSSR count). The van der Waals surface area contributed by atoms with Crippen molar-refractivity contribution in [2.45, 2.75) is 12.6 Å². The summed E-state index contributed by atoms with van der Waals surface area (Å²) in [5.74, 6) is -1.92. The van der Waals surface area contributed by atoms with Gasteiger partial charge in [-0.2, -0.15) is 18.4 Å². The van der Waals surface area contributed by atoms with Crippen LogP contribution in [0.2, 0.25) is 0 Å². The lowest BCUT2D eigenvalue weighted by atomic mass is 10.1. The van der Waals surface area contributed by atoms with E-state index in [0.29, 0.717) is 6.54 Å². The maximum absolute atomic E-state index is 12.2. The van der Waals surface area contributed by atoms with Crippen LogP contribution in [-0.2, 0) is 4.74 Å². The molecule has 0 aliphatic carbocycles. The fraction of sp³-hybridized carbons (Fsp3) is 0.909. The molecular weight excluding hydrogens is 247 g/mol. The van der Waals surface area contributed by atoms with E-state index in [9.17, 15) is 13.2 Å². The van der Waals surface area contributed by atoms with E-state index in [1.165, 1.54) is 6.07 Å². The van der Waals surface area contributed by atoms with Gasteiger partial charge in [-0.05, 0) is 19.5 Å². The second kappa shape index (κ2) is 7.56. The molecular formula is C11H18F3N3O. The van der Waals surface area contributed by atoms with Crippen molar-refractivity contribution in [3.8, 4) is 6.07 Å². The highest BCUT2D eigenvalue weighted by Crippen LogP contribution is 2.24. The normalized spacial score (nSPS) is 19.4. The molecule has 0 aromatic rings. The van der Waals surface area contributed by atoms with Gasteiger partial charge in [0.25, 0.3) is 0 Å². The Morgan fingerprint density at radius 3 is 2.56 bits per heavy atom. The zero-order valence-corrected chi connectivity index (χ0v) is 10.2. The second-order valence-electron chi connectivity index (χ2n) is 4.23. The van der Waals surface area contributed by atoms with Gasteiger partial charge in [-0.3, -0.25) is 4.90 Å². The summed E-state index contributed by atoms with van der Waals surface area (Å²) in [5.41, 5.74) is 0. The van der Waals surface area contributed by atoms with Gasteiger partial charge in [-0.25, -0.2) is 0 Å². The van der Waals surface area contributed by atoms with E-state index >= 15 is 0 Å². The van der Waals surface area contributed by atoms with Gasteiger partial charge >= 0.3 is 6.18 Å². The van der Waals surface area contributed by atoms with Crippen LogP contribution < -0.4 is 5.32 Å². The standard InChI is InChI=1S/C11H18F3N3O/c12-11(13,14)10(8-15)9-16-2-1-3-17-4-6-18-7-5-17/h10,16H,1-7,9H2. The van der Waals surface area contributed by atoms with Crippen LogP contribution in [0, 0.1) is 17.2 Å². The van der Waals surface area contributed by atoms with Crippen molar-refractivity contribution in [2.75, 3.05) is 45.9 Å². The van der Waals surface area contributed by atoms with Gasteiger partial charge in [-0.1, -0.05) is 0 Å². The summed E-state index contributed by atoms with van der Waals surface area (Å²) in [7, 11) is 0. The molecule has 0 amide bonds. The average Bonchev–Trinajstić information content (AvgIpc) is 2.33. The Labute approximate surface area is 105 Å². The second-order valence-corrected chi connectivity index (χ2v) is 4.23. The molecule has 1 saturated heterocycles. The first-order valence-electron chi connectivity index (χ1n) is 6.01. The molecule has 0 radical (unpaired) electrons. The van der Waals surface area contributed by atoms with E-state index in [1.54, 1.807) is 0 Å². The molecule has 1 N–H and O–H groups in total. The minimum atomic E-state index is -4.44. The van der Waals surface area contributed by atoms with Crippen LogP contribution in [0.5, 0.6) is 0 Å². The van der Waals surface area contributed by atoms with Crippen LogP contribution in [-0.4, -0.2) is 57.0 Å². The predicted molar refractivity (Wildman–Crippen MR) is 59.9 cm³/mol. The van der Waals surface area contributed by atoms with Crippen LogP contribution in [0.15, 0.2) is 0 Å². The summed E-state index contributed by atoms with van der Waals surface area (Å²) in [6.07, 6.45) is -3.66. The molecule has 0 aromatic carbocycles. The lowest BCUT2D eigenvalue weighted by Crippen LogP contribution is -2.38. The summed E-state index contributed by atoms with van der Waals surface area (Å²) in [6.45, 7) is 4.21. The van der Waals surface area contributed by atoms with Crippen molar-refractivity contribution in [1.29, 1.82) is 5.26 Å². The zero-order chi connectivity index (χ0) is 13.4. The number of ether oxygens (including phenoxy) is 1. The van der Waals surface area contributed by atoms with E-state index in [0.717, 1.165) is 39.3 Å². The topological polar surface area (TPSA) is 48.3 Å². The number of hydrogen-bond donors (Lipinski definition) is 1. The third-order valence-corrected chi connectivity index (χ3v) is 2.83. The fourth-order valence-corrected chi connectivity index (χ4v) is 1.73. The lowest BCUT2D eigenvalue weighted by molar-refractivity contribution is -0.157. The molecule has 0 aromatic heterocycles. The summed E-state index contributed by atoms with van der Waals surface area (Å²) in [5, 5.41) is 11.1. The van der Waals surface area contributed by atoms with Crippen LogP contribution in [0.3, 0.4) is 0 Å². The number of alkyl halides is 3. The van der Waals surface area contributed by atoms with E-state index in [4.69, 9.17) is 10.00 Å². The number of morpholine rings is 1. The van der Waals surface area contributed by atoms with Gasteiger partial charge in [0, 0.05) is 19.6 Å². The Kier molecular flexibility index (Phi) is 6.39. The Morgan fingerprint density at radius 1 is 1.33 bits per heavy atom. The number of nitrogens with one attached hydrogen (secondary N) is 1. The van der Waals surface area contributed by atoms with Crippen molar-refractivity contribution >= 4 is 0 Å². The van der Waals surface area contributed by atoms with Gasteiger partial charge in [0.05, 0.1) is 19.3 Å². The van der Waals surface area contributed by atoms with E-state index < -0.39 is 12.1 Å². The molecule has 1 unspecified atom stereocenters. The first kappa shape index (κ1) is 15.2. The number of nitrogens with zero attached hydrogens (tertiary/aromatic N) is 2. The highest BCUT2D eigenvalue weighted by Gasteiger charge is 2.39. The van der Waals surface area contributed by atoms with Crippen LogP contribution >= 0.6 is 0 Å². The molecule has 1 aliphatic rings. The highest BCUT2D eigenvalue weighted by atomic mass is 19.4. The van der Waals surface area contributed by atoms with Crippen LogP contribution in [0.25, 0.3) is 0 Å². The summed E-state index contributed by atoms with van der Waals surface area (Å²) in [6, 6.07) is 1.27. The molecule has 1 atom stereocenters. The van der Waals surface area contributed by atoms with E-state index in [1.807, 2.05) is 0 Å². The molecule has 1 fully saturated rings. The summed E-state index contributed by atoms with van der Waals surface area (Å²) in [4.78, 5) is 2.22. The first-order valence-corrected chi connectivity index (χ1v) is 6.01. The molecule has 18 heavy (non-hydrogen) atoms. The number of hydrogen-bond acceptors (Lipinski definition) is 4. The van der Waals surface area contributed by atoms with Gasteiger partial charge in [0.2, 0.25) is 0 Å². The Bertz CT molecular complexity index is 272. The molecule has 104 valence electrons. The average molecular weight is 265 g/mol. The van der Waals surface area contributed by atoms with Crippen molar-refractivity contribution in [2.24, 2.45) is 5.92 Å². The number of halogens is 3. The number of nitriles is 1. The largest absolute Gasteiger partial charge is 0.405 e. The SMILES string of the molecule is N#CC(CNCCCN1CCOCC1)C(F)(F)F. The molecule has 4 nitrogen and oxygen atoms in total. The molecule has 0 spiro atoms. The van der Waals surface area contributed by atoms with Gasteiger partial charge in [0.1, 0.15) is 0 Å². The van der Waals surface area contributed by atoms with E-state index in [2.05, 4.69) is 10.2 Å². The predicted octanol–water partition coefficient (Wildman–Crippen LogP) is 1.00. The Hall–Kier alpha value is -0.840. The van der Waals surface area contributed by atoms with Crippen molar-refractivity contribution < 1.29 is 17.9 Å². The zero-order valence-electron chi connectivity index (χ0n) is 10.2. The van der Waals surface area contributed by atoms with Crippen molar-refractivity contribution in [1.82, 2.24) is 10.2 Å². The highest BCUT2D eigenvalue weighted by molar-refractivity contribution is 4.89. The van der Waals surface area contributed by atoms with Crippen LogP contribution in [0.4, 0.5) is 13.2 Å². The molecule has 1 heterocycles. The number of rotatable bonds is 6. The molecule has 1 aliphatic heterocycles. The fourth-order valence-electron chi connectivity index (χ4n) is 1.73. The van der Waals surface area contributed by atoms with E-state index in [-0.39, 0.29) is 6.54 Å². The van der Waals surface area contributed by atoms with Gasteiger partial charge < -0.3 is 10.1 Å². The lowest BCUT2D eigenvalue weighted by Gasteiger charge is -2.26. The third-order valence-electron chi connectivity index (χ3n) is 2.83. The maximum atomic E-state index is 12.2. The van der Waals surface area contributed by atoms with Gasteiger partial charge in [0.15, 0.2) is 5.92 Å². The quantitative estimate of drug-likeness (QED) is 0.728. The molecule has 0 saturated carbocycles. The summed E-state index contributed by atoms with van der Waals surface area (Å²) < 4.78 is 41.9. The smallest absolute Gasteiger partial charge is 0.379 e. The monoisotopic (exact) mass is 265 g/mol. The third kappa shape index (κ3) is 5.67. The van der Waals surface area contributed by atoms with Crippen LogP contribution in [0.1, 0.15) is 6.42 Å². The van der Waals surface area contributed by atoms with Crippen molar-refractivity contribution in [3.63, 3.8) is 0 Å². The molecule has 7 heteroatoms. The Balaban J connectivity index is 2.06. The maximum Gasteiger partial charge on any atom is 0.405 e. The Morgan fingerprint density at radius 2 is 2.00 bits per heavy atom.